The number of amides is 1. The van der Waals surface area contributed by atoms with Crippen molar-refractivity contribution in [2.75, 3.05) is 11.5 Å². The summed E-state index contributed by atoms with van der Waals surface area (Å²) >= 11 is 1.61. The number of carbonyl (C=O) groups is 1. The molecule has 0 aromatic carbocycles. The minimum atomic E-state index is -0.0268. The van der Waals surface area contributed by atoms with Crippen LogP contribution in [-0.2, 0) is 11.3 Å². The zero-order chi connectivity index (χ0) is 14.2. The Labute approximate surface area is 121 Å². The van der Waals surface area contributed by atoms with Crippen LogP contribution in [0.1, 0.15) is 19.2 Å². The molecule has 0 bridgehead atoms. The number of carbonyl (C=O) groups excluding carboxylic acids is 1. The number of pyridine rings is 1. The van der Waals surface area contributed by atoms with Crippen LogP contribution in [0.4, 0.5) is 0 Å². The lowest BCUT2D eigenvalue weighted by Crippen LogP contribution is -2.24. The molecule has 2 heterocycles. The standard InChI is InChI=1S/C13H16N4O2S/c1-2-7-20-9-11(18)15-8-12-16-13(17-19-12)10-5-3-4-6-14-10/h3-6H,2,7-9H2,1H3,(H,15,18). The van der Waals surface area contributed by atoms with Crippen LogP contribution >= 0.6 is 11.8 Å². The molecule has 2 aromatic heterocycles. The van der Waals surface area contributed by atoms with Crippen molar-refractivity contribution in [1.82, 2.24) is 20.4 Å². The third-order valence-corrected chi connectivity index (χ3v) is 3.54. The van der Waals surface area contributed by atoms with Gasteiger partial charge in [0.1, 0.15) is 5.69 Å². The first-order valence-electron chi connectivity index (χ1n) is 6.38. The van der Waals surface area contributed by atoms with Gasteiger partial charge in [-0.2, -0.15) is 16.7 Å². The summed E-state index contributed by atoms with van der Waals surface area (Å²) in [6.45, 7) is 2.33. The van der Waals surface area contributed by atoms with Crippen molar-refractivity contribution in [3.8, 4) is 11.5 Å². The maximum atomic E-state index is 11.5. The second-order valence-electron chi connectivity index (χ2n) is 4.06. The van der Waals surface area contributed by atoms with Crippen LogP contribution in [0.2, 0.25) is 0 Å². The minimum absolute atomic E-state index is 0.0268. The highest BCUT2D eigenvalue weighted by molar-refractivity contribution is 7.99. The zero-order valence-electron chi connectivity index (χ0n) is 11.2. The summed E-state index contributed by atoms with van der Waals surface area (Å²) in [5.41, 5.74) is 0.646. The lowest BCUT2D eigenvalue weighted by atomic mass is 10.3. The van der Waals surface area contributed by atoms with Crippen LogP contribution in [0.15, 0.2) is 28.9 Å². The first kappa shape index (κ1) is 14.5. The van der Waals surface area contributed by atoms with Crippen molar-refractivity contribution >= 4 is 17.7 Å². The van der Waals surface area contributed by atoms with Crippen molar-refractivity contribution in [3.05, 3.63) is 30.3 Å². The van der Waals surface area contributed by atoms with E-state index in [0.717, 1.165) is 12.2 Å². The summed E-state index contributed by atoms with van der Waals surface area (Å²) in [4.78, 5) is 19.9. The molecule has 6 nitrogen and oxygen atoms in total. The number of aromatic nitrogens is 3. The van der Waals surface area contributed by atoms with E-state index in [4.69, 9.17) is 4.52 Å². The smallest absolute Gasteiger partial charge is 0.246 e. The molecule has 1 amide bonds. The number of nitrogens with one attached hydrogen (secondary N) is 1. The Balaban J connectivity index is 1.83. The van der Waals surface area contributed by atoms with Crippen LogP contribution in [-0.4, -0.2) is 32.5 Å². The molecule has 2 aromatic rings. The average molecular weight is 292 g/mol. The highest BCUT2D eigenvalue weighted by atomic mass is 32.2. The predicted octanol–water partition coefficient (Wildman–Crippen LogP) is 1.89. The van der Waals surface area contributed by atoms with Gasteiger partial charge in [0.25, 0.3) is 0 Å². The second-order valence-corrected chi connectivity index (χ2v) is 5.16. The van der Waals surface area contributed by atoms with E-state index >= 15 is 0 Å². The third kappa shape index (κ3) is 4.34. The molecule has 106 valence electrons. The predicted molar refractivity (Wildman–Crippen MR) is 77.0 cm³/mol. The Morgan fingerprint density at radius 2 is 2.35 bits per heavy atom. The van der Waals surface area contributed by atoms with E-state index < -0.39 is 0 Å². The lowest BCUT2D eigenvalue weighted by Gasteiger charge is -2.00. The fourth-order valence-corrected chi connectivity index (χ4v) is 2.18. The molecule has 0 spiro atoms. The molecule has 1 N–H and O–H groups in total. The van der Waals surface area contributed by atoms with Crippen molar-refractivity contribution in [2.45, 2.75) is 19.9 Å². The molecular weight excluding hydrogens is 276 g/mol. The van der Waals surface area contributed by atoms with Crippen LogP contribution in [0.3, 0.4) is 0 Å². The SMILES string of the molecule is CCCSCC(=O)NCc1nc(-c2ccccn2)no1. The topological polar surface area (TPSA) is 80.9 Å². The number of hydrogen-bond donors (Lipinski definition) is 1. The highest BCUT2D eigenvalue weighted by Crippen LogP contribution is 2.11. The molecule has 20 heavy (non-hydrogen) atoms. The summed E-state index contributed by atoms with van der Waals surface area (Å²) in [5, 5.41) is 6.58. The Bertz CT molecular complexity index is 544. The molecular formula is C13H16N4O2S. The zero-order valence-corrected chi connectivity index (χ0v) is 12.0. The number of nitrogens with zero attached hydrogens (tertiary/aromatic N) is 3. The summed E-state index contributed by atoms with van der Waals surface area (Å²) < 4.78 is 5.07. The average Bonchev–Trinajstić information content (AvgIpc) is 2.95. The minimum Gasteiger partial charge on any atom is -0.346 e. The van der Waals surface area contributed by atoms with Gasteiger partial charge in [0, 0.05) is 6.20 Å². The quantitative estimate of drug-likeness (QED) is 0.785. The van der Waals surface area contributed by atoms with Crippen LogP contribution in [0.25, 0.3) is 11.5 Å². The van der Waals surface area contributed by atoms with Crippen LogP contribution < -0.4 is 5.32 Å². The van der Waals surface area contributed by atoms with E-state index in [2.05, 4.69) is 27.4 Å². The van der Waals surface area contributed by atoms with Crippen LogP contribution in [0, 0.1) is 0 Å². The van der Waals surface area contributed by atoms with Gasteiger partial charge in [0.2, 0.25) is 17.6 Å². The molecule has 0 saturated carbocycles. The molecule has 0 aliphatic rings. The van der Waals surface area contributed by atoms with Gasteiger partial charge < -0.3 is 9.84 Å². The van der Waals surface area contributed by atoms with E-state index in [9.17, 15) is 4.79 Å². The van der Waals surface area contributed by atoms with E-state index in [-0.39, 0.29) is 12.5 Å². The van der Waals surface area contributed by atoms with Gasteiger partial charge >= 0.3 is 0 Å². The van der Waals surface area contributed by atoms with E-state index in [1.165, 1.54) is 0 Å². The maximum Gasteiger partial charge on any atom is 0.246 e. The fourth-order valence-electron chi connectivity index (χ4n) is 1.46. The maximum absolute atomic E-state index is 11.5. The van der Waals surface area contributed by atoms with Crippen molar-refractivity contribution < 1.29 is 9.32 Å². The van der Waals surface area contributed by atoms with E-state index in [1.54, 1.807) is 24.0 Å². The van der Waals surface area contributed by atoms with Gasteiger partial charge in [0.15, 0.2) is 0 Å². The second kappa shape index (κ2) is 7.64. The van der Waals surface area contributed by atoms with Gasteiger partial charge in [-0.25, -0.2) is 0 Å². The molecule has 0 atom stereocenters. The molecule has 0 aliphatic heterocycles. The summed E-state index contributed by atoms with van der Waals surface area (Å²) in [6.07, 6.45) is 2.73. The van der Waals surface area contributed by atoms with E-state index in [1.807, 2.05) is 12.1 Å². The van der Waals surface area contributed by atoms with Gasteiger partial charge in [-0.15, -0.1) is 0 Å². The first-order valence-corrected chi connectivity index (χ1v) is 7.53. The van der Waals surface area contributed by atoms with Gasteiger partial charge in [-0.3, -0.25) is 9.78 Å². The van der Waals surface area contributed by atoms with Gasteiger partial charge in [-0.05, 0) is 24.3 Å². The number of rotatable bonds is 7. The monoisotopic (exact) mass is 292 g/mol. The van der Waals surface area contributed by atoms with Crippen molar-refractivity contribution in [2.24, 2.45) is 0 Å². The molecule has 0 unspecified atom stereocenters. The Hall–Kier alpha value is -1.89. The van der Waals surface area contributed by atoms with Crippen LogP contribution in [0.5, 0.6) is 0 Å². The highest BCUT2D eigenvalue weighted by Gasteiger charge is 2.10. The van der Waals surface area contributed by atoms with Gasteiger partial charge in [0.05, 0.1) is 12.3 Å². The normalized spacial score (nSPS) is 10.4. The third-order valence-electron chi connectivity index (χ3n) is 2.38. The Morgan fingerprint density at radius 1 is 1.45 bits per heavy atom. The Morgan fingerprint density at radius 3 is 3.10 bits per heavy atom. The molecule has 7 heteroatoms. The summed E-state index contributed by atoms with van der Waals surface area (Å²) in [7, 11) is 0. The summed E-state index contributed by atoms with van der Waals surface area (Å²) in [6, 6.07) is 5.47. The van der Waals surface area contributed by atoms with E-state index in [0.29, 0.717) is 23.2 Å². The summed E-state index contributed by atoms with van der Waals surface area (Å²) in [5.74, 6) is 2.21. The fraction of sp³-hybridized carbons (Fsp3) is 0.385. The lowest BCUT2D eigenvalue weighted by molar-refractivity contribution is -0.118. The largest absolute Gasteiger partial charge is 0.346 e. The molecule has 0 aliphatic carbocycles. The molecule has 0 fully saturated rings. The Kier molecular flexibility index (Phi) is 5.55. The molecule has 2 rings (SSSR count). The first-order chi connectivity index (χ1) is 9.79. The molecule has 0 radical (unpaired) electrons. The van der Waals surface area contributed by atoms with Crippen molar-refractivity contribution in [3.63, 3.8) is 0 Å². The number of thioether (sulfide) groups is 1. The van der Waals surface area contributed by atoms with Gasteiger partial charge in [-0.1, -0.05) is 18.1 Å². The molecule has 0 saturated heterocycles. The number of hydrogen-bond acceptors (Lipinski definition) is 6. The van der Waals surface area contributed by atoms with Crippen molar-refractivity contribution in [1.29, 1.82) is 0 Å².